The summed E-state index contributed by atoms with van der Waals surface area (Å²) in [4.78, 5) is 293. The van der Waals surface area contributed by atoms with E-state index in [0.717, 1.165) is 0 Å². The van der Waals surface area contributed by atoms with Gasteiger partial charge in [-0.25, -0.2) is 0 Å². The maximum absolute atomic E-state index is 10.9. The first-order chi connectivity index (χ1) is 38.6. The molecule has 23 N–H and O–H groups in total. The molecule has 0 aliphatic carbocycles. The van der Waals surface area contributed by atoms with Crippen LogP contribution in [0, 0.1) is 35.1 Å². The minimum absolute atomic E-state index is 0. The van der Waals surface area contributed by atoms with Crippen molar-refractivity contribution in [1.82, 2.24) is 0 Å². The van der Waals surface area contributed by atoms with Crippen LogP contribution in [0.3, 0.4) is 0 Å². The van der Waals surface area contributed by atoms with Gasteiger partial charge >= 0.3 is 73.9 Å². The third-order valence-corrected chi connectivity index (χ3v) is 12.0. The fourth-order valence-corrected chi connectivity index (χ4v) is 5.50. The van der Waals surface area contributed by atoms with Crippen LogP contribution in [0.4, 0.5) is 0 Å². The summed E-state index contributed by atoms with van der Waals surface area (Å²) in [7, 11) is -42.7. The largest absolute Gasteiger partial charge is 1.00 e. The lowest BCUT2D eigenvalue weighted by Crippen LogP contribution is -2.42. The first-order valence-electron chi connectivity index (χ1n) is 17.8. The maximum Gasteiger partial charge on any atom is 1.00 e. The number of carbonyl (C=O) groups is 13. The van der Waals surface area contributed by atoms with Gasteiger partial charge in [0.2, 0.25) is 5.78 Å². The Bertz CT molecular complexity index is 2930. The molecule has 0 aromatic heterocycles. The van der Waals surface area contributed by atoms with Crippen LogP contribution in [0.1, 0.15) is 8.35 Å². The van der Waals surface area contributed by atoms with E-state index >= 15 is 0 Å². The number of carboxylic acid groups (broad SMARTS) is 4. The van der Waals surface area contributed by atoms with Crippen molar-refractivity contribution >= 4 is 141 Å². The molecule has 0 saturated heterocycles. The summed E-state index contributed by atoms with van der Waals surface area (Å²) in [5.41, 5.74) is -17.8. The minimum Gasteiger partial charge on any atom is -0.867 e. The number of hydrogen-bond acceptors (Lipinski definition) is 37. The molecule has 0 aromatic carbocycles. The molecule has 0 amide bonds. The van der Waals surface area contributed by atoms with Crippen LogP contribution in [0.15, 0.2) is 11.5 Å². The monoisotopic (exact) mass is 1460 g/mol. The molecular formula is C27H36O53P8-4. The van der Waals surface area contributed by atoms with Gasteiger partial charge in [-0.05, 0) is 12.7 Å². The predicted molar refractivity (Wildman–Crippen MR) is 244 cm³/mol. The molecule has 0 spiro atoms. The molecular weight excluding hydrogens is 1420 g/mol. The summed E-state index contributed by atoms with van der Waals surface area (Å²) in [6.07, 6.45) is -4.48. The van der Waals surface area contributed by atoms with Gasteiger partial charge in [0.15, 0.2) is 36.6 Å². The third kappa shape index (κ3) is 47.4. The first kappa shape index (κ1) is 103. The molecule has 506 valence electrons. The molecule has 0 fully saturated rings. The Morgan fingerprint density at radius 2 is 0.557 bits per heavy atom. The maximum atomic E-state index is 10.9. The van der Waals surface area contributed by atoms with E-state index in [4.69, 9.17) is 134 Å². The summed E-state index contributed by atoms with van der Waals surface area (Å²) >= 11 is 0. The molecule has 6 atom stereocenters. The van der Waals surface area contributed by atoms with Crippen molar-refractivity contribution < 1.29 is 249 Å². The lowest BCUT2D eigenvalue weighted by molar-refractivity contribution is -0.313. The van der Waals surface area contributed by atoms with Gasteiger partial charge in [0.25, 0.3) is 38.7 Å². The van der Waals surface area contributed by atoms with Gasteiger partial charge in [0.1, 0.15) is 11.7 Å². The zero-order chi connectivity index (χ0) is 74.5. The molecule has 6 unspecified atom stereocenters. The van der Waals surface area contributed by atoms with E-state index in [2.05, 4.69) is 25.2 Å². The fourth-order valence-electron chi connectivity index (χ4n) is 2.26. The lowest BCUT2D eigenvalue weighted by Gasteiger charge is -2.17. The highest BCUT2D eigenvalue weighted by Gasteiger charge is 2.45. The van der Waals surface area contributed by atoms with E-state index in [0.29, 0.717) is 0 Å². The molecule has 53 nitrogen and oxygen atoms in total. The van der Waals surface area contributed by atoms with Gasteiger partial charge in [-0.3, -0.25) is 79.7 Å². The number of carbonyl (C=O) groups excluding carboxylic acids is 15. The highest BCUT2D eigenvalue weighted by molar-refractivity contribution is 7.74. The van der Waals surface area contributed by atoms with Crippen LogP contribution >= 0.6 is 60.8 Å². The Morgan fingerprint density at radius 3 is 0.682 bits per heavy atom. The Morgan fingerprint density at radius 1 is 0.375 bits per heavy atom. The second-order valence-electron chi connectivity index (χ2n) is 12.2. The zero-order valence-electron chi connectivity index (χ0n) is 41.8. The number of aliphatic hydroxyl groups is 7. The van der Waals surface area contributed by atoms with Gasteiger partial charge < -0.3 is 159 Å². The van der Waals surface area contributed by atoms with Crippen LogP contribution in [-0.4, -0.2) is 231 Å². The molecule has 0 rings (SSSR count). The number of aliphatic carboxylic acids is 4. The number of aliphatic hydroxyl groups excluding tert-OH is 7. The Hall–Kier alpha value is -6.69. The van der Waals surface area contributed by atoms with Crippen molar-refractivity contribution in [3.05, 3.63) is 21.4 Å². The Labute approximate surface area is 479 Å². The van der Waals surface area contributed by atoms with Crippen molar-refractivity contribution in [1.29, 1.82) is 0 Å². The number of allylic oxidation sites excluding steroid dienone is 1. The van der Waals surface area contributed by atoms with Crippen molar-refractivity contribution in [2.24, 2.45) is 0 Å². The predicted octanol–water partition coefficient (Wildman–Crippen LogP) is -18.1. The zero-order valence-corrected chi connectivity index (χ0v) is 48.0. The van der Waals surface area contributed by atoms with Gasteiger partial charge in [0, 0.05) is 9.93 Å². The second kappa shape index (κ2) is 44.7. The lowest BCUT2D eigenvalue weighted by atomic mass is 10.1. The fraction of sp³-hybridized carbons (Fsp3) is 0.259. The molecule has 0 aliphatic heterocycles. The smallest absolute Gasteiger partial charge is 0.867 e. The van der Waals surface area contributed by atoms with Crippen molar-refractivity contribution in [2.45, 2.75) is 43.5 Å². The summed E-state index contributed by atoms with van der Waals surface area (Å²) in [6, 6.07) is 0. The van der Waals surface area contributed by atoms with E-state index in [1.54, 1.807) is 6.92 Å². The SMILES string of the molecule is C#C.C#CC.O=C(/C([O-])=C(\O)C(O)C(=O)P(=O)(O)O)P(=O)(O)O.O=C(C(=O)P(=O)(O)O)C(O)C(O)C(=O)P(=O)(O)O.O=C([O-])C(=O)P(=O)(O)O.O=C([O-])C(O)C(=O)P(=O)(O)O.O=C([O-])C(O)C(=O)P(=O)(O)O.O=C([O-])C(O)C(=O)P(=O)(O)O.O=C=O.O=O.[H+]. The number of Topliss-reactive ketones (excluding diaryl/α,β-unsaturated/α-hetero) is 1. The van der Waals surface area contributed by atoms with E-state index in [-0.39, 0.29) is 7.58 Å². The topological polar surface area (TPSA) is 1010 Å². The average Bonchev–Trinajstić information content (AvgIpc) is 3.37. The Balaban J connectivity index is -0.0000000895. The van der Waals surface area contributed by atoms with Crippen LogP contribution in [0.25, 0.3) is 0 Å². The highest BCUT2D eigenvalue weighted by Crippen LogP contribution is 2.42. The molecule has 0 heterocycles. The summed E-state index contributed by atoms with van der Waals surface area (Å²) < 4.78 is 81.1. The van der Waals surface area contributed by atoms with Gasteiger partial charge in [-0.15, -0.1) is 25.2 Å². The van der Waals surface area contributed by atoms with Crippen LogP contribution in [-0.2, 0) is 108 Å². The number of hydrogen-bond donors (Lipinski definition) is 23. The average molecular weight is 1460 g/mol. The van der Waals surface area contributed by atoms with Crippen molar-refractivity contribution in [2.75, 3.05) is 0 Å². The molecule has 0 bridgehead atoms. The van der Waals surface area contributed by atoms with E-state index in [9.17, 15) is 124 Å². The number of rotatable bonds is 22. The molecule has 61 heteroatoms. The minimum atomic E-state index is -5.56. The van der Waals surface area contributed by atoms with Gasteiger partial charge in [0.05, 0.1) is 17.9 Å². The van der Waals surface area contributed by atoms with E-state index in [1.807, 2.05) is 0 Å². The van der Waals surface area contributed by atoms with Crippen molar-refractivity contribution in [3.63, 3.8) is 0 Å². The van der Waals surface area contributed by atoms with Gasteiger partial charge in [-0.2, -0.15) is 9.59 Å². The molecule has 0 aromatic rings. The molecule has 0 aliphatic rings. The summed E-state index contributed by atoms with van der Waals surface area (Å²) in [5.74, 6) is -13.5. The molecule has 88 heavy (non-hydrogen) atoms. The van der Waals surface area contributed by atoms with Crippen LogP contribution < -0.4 is 25.5 Å². The molecule has 0 radical (unpaired) electrons. The van der Waals surface area contributed by atoms with Crippen LogP contribution in [0.5, 0.6) is 0 Å². The standard InChI is InChI=1S/2C5H8O11P2.3C3H5O7P.C3H4.C2H3O6P.C2H2.CO2.O2/c2*6-1(2(7)4(9)17(11,12)13)3(8)5(10)18(14,15)16;3*4-1(2(5)6)3(7)11(8,9)10;1-3-2;3-1(4)2(5)9(6,7)8;1-2;2-1-3;1-2/h2,6-8H,(H2,11,12,13)(H2,14,15,16);1-2,6-7H,(H2,11,12,13)(H2,14,15,16);3*1,4H,(H,5,6)(H2,8,9,10);1H,2H3;(H,3,4)(H2,6,7,8);1-2H;;/p-4/b3-1+;;;;;;;;;. The Kier molecular flexibility index (Phi) is 52.4. The number of terminal acetylenes is 2. The third-order valence-electron chi connectivity index (χ3n) is 5.73. The number of carboxylic acids is 4. The number of ketones is 1. The van der Waals surface area contributed by atoms with Gasteiger partial charge in [-0.1, -0.05) is 0 Å². The summed E-state index contributed by atoms with van der Waals surface area (Å²) in [6.45, 7) is 1.65. The summed E-state index contributed by atoms with van der Waals surface area (Å²) in [5, 5.41) is 109. The first-order valence-corrected chi connectivity index (χ1v) is 30.7. The van der Waals surface area contributed by atoms with Crippen LogP contribution in [0.2, 0.25) is 0 Å². The van der Waals surface area contributed by atoms with Crippen molar-refractivity contribution in [3.8, 4) is 25.2 Å². The quantitative estimate of drug-likeness (QED) is 0.0120. The highest BCUT2D eigenvalue weighted by atomic mass is 31.2. The normalized spacial score (nSPS) is 13.1. The van der Waals surface area contributed by atoms with E-state index in [1.165, 1.54) is 0 Å². The molecule has 0 saturated carbocycles. The second-order valence-corrected chi connectivity index (χ2v) is 24.3. The van der Waals surface area contributed by atoms with E-state index < -0.39 is 183 Å².